The third-order valence-corrected chi connectivity index (χ3v) is 8.70. The summed E-state index contributed by atoms with van der Waals surface area (Å²) in [4.78, 5) is 0. The standard InChI is InChI=1S/C39H23N3/c40-24-25-18-20-30-31-21-19-27(23-35(31)29-13-5-4-12-28(29)34(30)22-25)42-37-17-9-7-15-33(37)38-32-14-6-8-16-36(32)41(39(38)42)26-10-2-1-3-11-26/h1-23H. The zero-order chi connectivity index (χ0) is 27.8. The summed E-state index contributed by atoms with van der Waals surface area (Å²) in [5.74, 6) is 0. The molecular formula is C39H23N3. The molecule has 7 aromatic carbocycles. The zero-order valence-corrected chi connectivity index (χ0v) is 22.6. The summed E-state index contributed by atoms with van der Waals surface area (Å²) in [6.45, 7) is 0. The number of benzene rings is 7. The van der Waals surface area contributed by atoms with Gasteiger partial charge in [0, 0.05) is 27.5 Å². The molecule has 0 bridgehead atoms. The molecule has 3 heteroatoms. The highest BCUT2D eigenvalue weighted by atomic mass is 15.1. The van der Waals surface area contributed by atoms with Crippen LogP contribution >= 0.6 is 0 Å². The summed E-state index contributed by atoms with van der Waals surface area (Å²) in [5.41, 5.74) is 6.47. The highest BCUT2D eigenvalue weighted by Gasteiger charge is 2.22. The SMILES string of the molecule is N#Cc1ccc2c3ccc(-n4c5ccccc5c5c6ccccc6n(-c6ccccc6)c54)cc3c3ccccc3c2c1. The highest BCUT2D eigenvalue weighted by Crippen LogP contribution is 2.42. The average Bonchev–Trinajstić information content (AvgIpc) is 3.57. The number of hydrogen-bond acceptors (Lipinski definition) is 1. The lowest BCUT2D eigenvalue weighted by Gasteiger charge is -2.15. The van der Waals surface area contributed by atoms with Gasteiger partial charge >= 0.3 is 0 Å². The fourth-order valence-corrected chi connectivity index (χ4v) is 6.95. The van der Waals surface area contributed by atoms with Crippen molar-refractivity contribution >= 4 is 65.2 Å². The van der Waals surface area contributed by atoms with Gasteiger partial charge < -0.3 is 0 Å². The first kappa shape index (κ1) is 22.9. The number of nitriles is 1. The predicted molar refractivity (Wildman–Crippen MR) is 175 cm³/mol. The molecular weight excluding hydrogens is 510 g/mol. The van der Waals surface area contributed by atoms with Crippen LogP contribution in [0.25, 0.3) is 76.5 Å². The molecule has 0 saturated heterocycles. The van der Waals surface area contributed by atoms with Crippen LogP contribution in [0.5, 0.6) is 0 Å². The second-order valence-electron chi connectivity index (χ2n) is 10.9. The Morgan fingerprint density at radius 1 is 0.405 bits per heavy atom. The molecule has 0 radical (unpaired) electrons. The van der Waals surface area contributed by atoms with Crippen molar-refractivity contribution < 1.29 is 0 Å². The van der Waals surface area contributed by atoms with Crippen molar-refractivity contribution in [1.82, 2.24) is 9.13 Å². The maximum Gasteiger partial charge on any atom is 0.131 e. The molecule has 0 fully saturated rings. The zero-order valence-electron chi connectivity index (χ0n) is 22.6. The Balaban J connectivity index is 1.46. The van der Waals surface area contributed by atoms with Crippen LogP contribution in [0.4, 0.5) is 0 Å². The van der Waals surface area contributed by atoms with Crippen LogP contribution in [-0.4, -0.2) is 9.13 Å². The molecule has 194 valence electrons. The number of hydrogen-bond donors (Lipinski definition) is 0. The monoisotopic (exact) mass is 533 g/mol. The van der Waals surface area contributed by atoms with Crippen molar-refractivity contribution in [3.63, 3.8) is 0 Å². The van der Waals surface area contributed by atoms with Crippen molar-refractivity contribution in [3.05, 3.63) is 145 Å². The summed E-state index contributed by atoms with van der Waals surface area (Å²) in [5, 5.41) is 20.4. The summed E-state index contributed by atoms with van der Waals surface area (Å²) in [6.07, 6.45) is 0. The maximum absolute atomic E-state index is 9.60. The number of fused-ring (bicyclic) bond motifs is 11. The Hall–Kier alpha value is -5.85. The van der Waals surface area contributed by atoms with Crippen LogP contribution in [0.2, 0.25) is 0 Å². The first-order valence-corrected chi connectivity index (χ1v) is 14.2. The maximum atomic E-state index is 9.60. The fraction of sp³-hybridized carbons (Fsp3) is 0. The van der Waals surface area contributed by atoms with E-state index < -0.39 is 0 Å². The van der Waals surface area contributed by atoms with Crippen molar-refractivity contribution in [1.29, 1.82) is 5.26 Å². The number of rotatable bonds is 2. The van der Waals surface area contributed by atoms with Crippen LogP contribution in [0, 0.1) is 11.3 Å². The highest BCUT2D eigenvalue weighted by molar-refractivity contribution is 6.26. The summed E-state index contributed by atoms with van der Waals surface area (Å²) >= 11 is 0. The Labute approximate surface area is 241 Å². The van der Waals surface area contributed by atoms with Gasteiger partial charge in [0.05, 0.1) is 22.7 Å². The van der Waals surface area contributed by atoms with Crippen molar-refractivity contribution in [2.75, 3.05) is 0 Å². The van der Waals surface area contributed by atoms with Gasteiger partial charge in [-0.15, -0.1) is 0 Å². The molecule has 2 aromatic heterocycles. The van der Waals surface area contributed by atoms with Crippen molar-refractivity contribution in [3.8, 4) is 17.4 Å². The quantitative estimate of drug-likeness (QED) is 0.204. The van der Waals surface area contributed by atoms with Crippen LogP contribution in [0.15, 0.2) is 140 Å². The molecule has 2 heterocycles. The number of aromatic nitrogens is 2. The normalized spacial score (nSPS) is 11.8. The molecule has 0 spiro atoms. The van der Waals surface area contributed by atoms with E-state index in [2.05, 4.69) is 143 Å². The lowest BCUT2D eigenvalue weighted by atomic mass is 9.93. The van der Waals surface area contributed by atoms with Gasteiger partial charge in [-0.2, -0.15) is 5.26 Å². The first-order valence-electron chi connectivity index (χ1n) is 14.2. The van der Waals surface area contributed by atoms with E-state index in [4.69, 9.17) is 0 Å². The van der Waals surface area contributed by atoms with E-state index in [0.29, 0.717) is 5.56 Å². The minimum absolute atomic E-state index is 0.679. The van der Waals surface area contributed by atoms with Crippen molar-refractivity contribution in [2.45, 2.75) is 0 Å². The second kappa shape index (κ2) is 8.57. The lowest BCUT2D eigenvalue weighted by Crippen LogP contribution is -2.01. The minimum Gasteiger partial charge on any atom is -0.295 e. The third kappa shape index (κ3) is 3.04. The van der Waals surface area contributed by atoms with Crippen LogP contribution < -0.4 is 0 Å². The van der Waals surface area contributed by atoms with Crippen LogP contribution in [-0.2, 0) is 0 Å². The van der Waals surface area contributed by atoms with Crippen molar-refractivity contribution in [2.24, 2.45) is 0 Å². The van der Waals surface area contributed by atoms with E-state index >= 15 is 0 Å². The molecule has 0 aliphatic rings. The Kier molecular flexibility index (Phi) is 4.68. The molecule has 0 atom stereocenters. The summed E-state index contributed by atoms with van der Waals surface area (Å²) in [7, 11) is 0. The molecule has 0 unspecified atom stereocenters. The molecule has 0 amide bonds. The van der Waals surface area contributed by atoms with Gasteiger partial charge in [0.2, 0.25) is 0 Å². The molecule has 3 nitrogen and oxygen atoms in total. The average molecular weight is 534 g/mol. The van der Waals surface area contributed by atoms with E-state index in [1.54, 1.807) is 0 Å². The van der Waals surface area contributed by atoms with Crippen LogP contribution in [0.3, 0.4) is 0 Å². The van der Waals surface area contributed by atoms with E-state index in [-0.39, 0.29) is 0 Å². The van der Waals surface area contributed by atoms with E-state index in [0.717, 1.165) is 33.2 Å². The minimum atomic E-state index is 0.679. The second-order valence-corrected chi connectivity index (χ2v) is 10.9. The van der Waals surface area contributed by atoms with E-state index in [1.807, 2.05) is 12.1 Å². The van der Waals surface area contributed by atoms with Gasteiger partial charge in [-0.3, -0.25) is 9.13 Å². The van der Waals surface area contributed by atoms with E-state index in [1.165, 1.54) is 43.4 Å². The molecule has 0 aliphatic carbocycles. The van der Waals surface area contributed by atoms with E-state index in [9.17, 15) is 5.26 Å². The largest absolute Gasteiger partial charge is 0.295 e. The molecule has 0 aliphatic heterocycles. The Morgan fingerprint density at radius 2 is 0.905 bits per heavy atom. The van der Waals surface area contributed by atoms with Gasteiger partial charge in [-0.25, -0.2) is 0 Å². The molecule has 9 rings (SSSR count). The molecule has 0 N–H and O–H groups in total. The number of nitrogens with zero attached hydrogens (tertiary/aromatic N) is 3. The first-order chi connectivity index (χ1) is 20.8. The third-order valence-electron chi connectivity index (χ3n) is 8.70. The molecule has 0 saturated carbocycles. The van der Waals surface area contributed by atoms with Gasteiger partial charge in [0.25, 0.3) is 0 Å². The summed E-state index contributed by atoms with van der Waals surface area (Å²) < 4.78 is 4.83. The predicted octanol–water partition coefficient (Wildman–Crippen LogP) is 10.1. The van der Waals surface area contributed by atoms with Gasteiger partial charge in [0.1, 0.15) is 5.65 Å². The fourth-order valence-electron chi connectivity index (χ4n) is 6.95. The lowest BCUT2D eigenvalue weighted by molar-refractivity contribution is 1.07. The van der Waals surface area contributed by atoms with Crippen LogP contribution in [0.1, 0.15) is 5.56 Å². The Bertz CT molecular complexity index is 2560. The Morgan fingerprint density at radius 3 is 1.55 bits per heavy atom. The summed E-state index contributed by atoms with van der Waals surface area (Å²) in [6, 6.07) is 51.8. The van der Waals surface area contributed by atoms with Gasteiger partial charge in [-0.05, 0) is 80.8 Å². The molecule has 42 heavy (non-hydrogen) atoms. The smallest absolute Gasteiger partial charge is 0.131 e. The molecule has 9 aromatic rings. The topological polar surface area (TPSA) is 33.6 Å². The number of para-hydroxylation sites is 3. The van der Waals surface area contributed by atoms with Gasteiger partial charge in [-0.1, -0.05) is 91.0 Å². The van der Waals surface area contributed by atoms with Gasteiger partial charge in [0.15, 0.2) is 0 Å².